The summed E-state index contributed by atoms with van der Waals surface area (Å²) in [6, 6.07) is 9.31. The van der Waals surface area contributed by atoms with E-state index < -0.39 is 17.4 Å². The summed E-state index contributed by atoms with van der Waals surface area (Å²) in [5, 5.41) is 16.2. The summed E-state index contributed by atoms with van der Waals surface area (Å²) in [5.41, 5.74) is -0.0444. The van der Waals surface area contributed by atoms with E-state index >= 15 is 0 Å². The van der Waals surface area contributed by atoms with Gasteiger partial charge in [0.15, 0.2) is 11.4 Å². The molecule has 1 atom stereocenters. The first-order valence-electron chi connectivity index (χ1n) is 7.84. The molecule has 0 saturated carbocycles. The van der Waals surface area contributed by atoms with E-state index in [1.807, 2.05) is 30.3 Å². The lowest BCUT2D eigenvalue weighted by Gasteiger charge is -2.26. The van der Waals surface area contributed by atoms with Crippen LogP contribution in [0.5, 0.6) is 5.75 Å². The van der Waals surface area contributed by atoms with Gasteiger partial charge in [0, 0.05) is 6.61 Å². The van der Waals surface area contributed by atoms with Crippen molar-refractivity contribution in [1.82, 2.24) is 15.1 Å². The molecule has 1 fully saturated rings. The molecule has 2 heterocycles. The largest absolute Gasteiger partial charge is 0.493 e. The topological polar surface area (TPSA) is 103 Å². The van der Waals surface area contributed by atoms with Crippen LogP contribution in [0.15, 0.2) is 36.5 Å². The SMILES string of the molecule is COc1cn(-c2ccccc2)nc1C(=O)NC1(CC(=O)O)CCOC1. The molecule has 1 unspecified atom stereocenters. The summed E-state index contributed by atoms with van der Waals surface area (Å²) in [5.74, 6) is -1.17. The van der Waals surface area contributed by atoms with Crippen molar-refractivity contribution in [2.75, 3.05) is 20.3 Å². The number of hydrogen-bond acceptors (Lipinski definition) is 5. The van der Waals surface area contributed by atoms with Crippen LogP contribution in [0.2, 0.25) is 0 Å². The van der Waals surface area contributed by atoms with E-state index in [9.17, 15) is 9.59 Å². The zero-order valence-corrected chi connectivity index (χ0v) is 13.8. The smallest absolute Gasteiger partial charge is 0.305 e. The Kier molecular flexibility index (Phi) is 4.71. The fourth-order valence-corrected chi connectivity index (χ4v) is 2.86. The van der Waals surface area contributed by atoms with E-state index in [-0.39, 0.29) is 18.7 Å². The molecule has 0 radical (unpaired) electrons. The molecule has 1 aromatic carbocycles. The predicted molar refractivity (Wildman–Crippen MR) is 88.0 cm³/mol. The minimum atomic E-state index is -0.993. The van der Waals surface area contributed by atoms with Gasteiger partial charge in [-0.25, -0.2) is 4.68 Å². The summed E-state index contributed by atoms with van der Waals surface area (Å²) in [4.78, 5) is 23.8. The lowest BCUT2D eigenvalue weighted by atomic mass is 9.94. The first-order valence-corrected chi connectivity index (χ1v) is 7.84. The van der Waals surface area contributed by atoms with Crippen molar-refractivity contribution in [3.63, 3.8) is 0 Å². The third kappa shape index (κ3) is 3.63. The molecule has 0 spiro atoms. The Balaban J connectivity index is 1.86. The Morgan fingerprint density at radius 3 is 2.76 bits per heavy atom. The van der Waals surface area contributed by atoms with Crippen molar-refractivity contribution in [3.05, 3.63) is 42.2 Å². The Labute approximate surface area is 144 Å². The number of amides is 1. The van der Waals surface area contributed by atoms with Crippen LogP contribution in [-0.4, -0.2) is 52.6 Å². The number of aliphatic carboxylic acids is 1. The summed E-state index contributed by atoms with van der Waals surface area (Å²) in [7, 11) is 1.45. The van der Waals surface area contributed by atoms with Gasteiger partial charge in [-0.1, -0.05) is 18.2 Å². The zero-order valence-electron chi connectivity index (χ0n) is 13.8. The van der Waals surface area contributed by atoms with Crippen LogP contribution < -0.4 is 10.1 Å². The number of nitrogens with one attached hydrogen (secondary N) is 1. The highest BCUT2D eigenvalue weighted by atomic mass is 16.5. The fourth-order valence-electron chi connectivity index (χ4n) is 2.86. The van der Waals surface area contributed by atoms with Crippen molar-refractivity contribution in [2.45, 2.75) is 18.4 Å². The average molecular weight is 345 g/mol. The van der Waals surface area contributed by atoms with Crippen LogP contribution >= 0.6 is 0 Å². The lowest BCUT2D eigenvalue weighted by Crippen LogP contribution is -2.50. The molecule has 1 amide bonds. The van der Waals surface area contributed by atoms with E-state index in [0.717, 1.165) is 5.69 Å². The third-order valence-corrected chi connectivity index (χ3v) is 4.11. The Hall–Kier alpha value is -2.87. The molecule has 2 N–H and O–H groups in total. The van der Waals surface area contributed by atoms with Gasteiger partial charge < -0.3 is 19.9 Å². The van der Waals surface area contributed by atoms with Gasteiger partial charge in [0.05, 0.1) is 37.6 Å². The van der Waals surface area contributed by atoms with Gasteiger partial charge in [-0.3, -0.25) is 9.59 Å². The molecule has 1 aliphatic rings. The molecule has 132 valence electrons. The van der Waals surface area contributed by atoms with Crippen molar-refractivity contribution < 1.29 is 24.2 Å². The van der Waals surface area contributed by atoms with E-state index in [2.05, 4.69) is 10.4 Å². The second-order valence-corrected chi connectivity index (χ2v) is 5.93. The predicted octanol–water partition coefficient (Wildman–Crippen LogP) is 1.24. The molecule has 2 aromatic rings. The normalized spacial score (nSPS) is 19.6. The van der Waals surface area contributed by atoms with Gasteiger partial charge in [0.25, 0.3) is 5.91 Å². The quantitative estimate of drug-likeness (QED) is 0.817. The lowest BCUT2D eigenvalue weighted by molar-refractivity contribution is -0.138. The van der Waals surface area contributed by atoms with Gasteiger partial charge in [-0.2, -0.15) is 5.10 Å². The van der Waals surface area contributed by atoms with E-state index in [4.69, 9.17) is 14.6 Å². The van der Waals surface area contributed by atoms with Crippen LogP contribution in [0.1, 0.15) is 23.3 Å². The van der Waals surface area contributed by atoms with E-state index in [1.54, 1.807) is 10.9 Å². The number of hydrogen-bond donors (Lipinski definition) is 2. The number of rotatable bonds is 6. The number of carboxylic acids is 1. The van der Waals surface area contributed by atoms with Crippen molar-refractivity contribution >= 4 is 11.9 Å². The summed E-state index contributed by atoms with van der Waals surface area (Å²) >= 11 is 0. The first kappa shape index (κ1) is 17.0. The highest BCUT2D eigenvalue weighted by Gasteiger charge is 2.39. The van der Waals surface area contributed by atoms with Crippen LogP contribution in [0, 0.1) is 0 Å². The Bertz CT molecular complexity index is 766. The standard InChI is InChI=1S/C17H19N3O5/c1-24-13-10-20(12-5-3-2-4-6-12)19-15(13)16(23)18-17(9-14(21)22)7-8-25-11-17/h2-6,10H,7-9,11H2,1H3,(H,18,23)(H,21,22). The third-order valence-electron chi connectivity index (χ3n) is 4.11. The molecule has 1 saturated heterocycles. The van der Waals surface area contributed by atoms with Gasteiger partial charge >= 0.3 is 5.97 Å². The van der Waals surface area contributed by atoms with Gasteiger partial charge in [-0.05, 0) is 18.6 Å². The molecular weight excluding hydrogens is 326 g/mol. The van der Waals surface area contributed by atoms with Crippen LogP contribution in [0.25, 0.3) is 5.69 Å². The van der Waals surface area contributed by atoms with Gasteiger partial charge in [-0.15, -0.1) is 0 Å². The number of carbonyl (C=O) groups is 2. The first-order chi connectivity index (χ1) is 12.0. The second kappa shape index (κ2) is 6.94. The molecule has 25 heavy (non-hydrogen) atoms. The van der Waals surface area contributed by atoms with Crippen molar-refractivity contribution in [1.29, 1.82) is 0 Å². The highest BCUT2D eigenvalue weighted by Crippen LogP contribution is 2.25. The Morgan fingerprint density at radius 2 is 2.16 bits per heavy atom. The monoisotopic (exact) mass is 345 g/mol. The number of ether oxygens (including phenoxy) is 2. The number of para-hydroxylation sites is 1. The number of nitrogens with zero attached hydrogens (tertiary/aromatic N) is 2. The van der Waals surface area contributed by atoms with Crippen molar-refractivity contribution in [2.24, 2.45) is 0 Å². The number of benzene rings is 1. The van der Waals surface area contributed by atoms with E-state index in [0.29, 0.717) is 18.8 Å². The minimum Gasteiger partial charge on any atom is -0.493 e. The van der Waals surface area contributed by atoms with Gasteiger partial charge in [0.1, 0.15) is 0 Å². The summed E-state index contributed by atoms with van der Waals surface area (Å²) in [6.45, 7) is 0.565. The van der Waals surface area contributed by atoms with Gasteiger partial charge in [0.2, 0.25) is 0 Å². The van der Waals surface area contributed by atoms with Crippen LogP contribution in [0.4, 0.5) is 0 Å². The maximum Gasteiger partial charge on any atom is 0.305 e. The number of carboxylic acid groups (broad SMARTS) is 1. The fraction of sp³-hybridized carbons (Fsp3) is 0.353. The highest BCUT2D eigenvalue weighted by molar-refractivity contribution is 5.95. The van der Waals surface area contributed by atoms with Crippen LogP contribution in [0.3, 0.4) is 0 Å². The molecule has 8 nitrogen and oxygen atoms in total. The second-order valence-electron chi connectivity index (χ2n) is 5.93. The maximum absolute atomic E-state index is 12.7. The number of methoxy groups -OCH3 is 1. The molecule has 0 bridgehead atoms. The number of carbonyl (C=O) groups excluding carboxylic acids is 1. The summed E-state index contributed by atoms with van der Waals surface area (Å²) < 4.78 is 12.1. The molecule has 0 aliphatic carbocycles. The molecule has 3 rings (SSSR count). The van der Waals surface area contributed by atoms with Crippen LogP contribution in [-0.2, 0) is 9.53 Å². The zero-order chi connectivity index (χ0) is 17.9. The molecule has 8 heteroatoms. The summed E-state index contributed by atoms with van der Waals surface area (Å²) in [6.07, 6.45) is 1.84. The Morgan fingerprint density at radius 1 is 1.40 bits per heavy atom. The molecule has 1 aliphatic heterocycles. The van der Waals surface area contributed by atoms with Crippen molar-refractivity contribution in [3.8, 4) is 11.4 Å². The minimum absolute atomic E-state index is 0.100. The maximum atomic E-state index is 12.7. The molecular formula is C17H19N3O5. The average Bonchev–Trinajstić information content (AvgIpc) is 3.22. The van der Waals surface area contributed by atoms with E-state index in [1.165, 1.54) is 7.11 Å². The molecule has 1 aromatic heterocycles. The number of aromatic nitrogens is 2.